The summed E-state index contributed by atoms with van der Waals surface area (Å²) in [5, 5.41) is 15.2. The van der Waals surface area contributed by atoms with Crippen LogP contribution < -0.4 is 5.32 Å². The standard InChI is InChI=1S/C17H22N2O/c1-18-14-8-10-17(20,11-9-14)12-15-7-6-13-4-2-3-5-16(13)19-15/h2-7,14,18,20H,8-12H2,1H3. The quantitative estimate of drug-likeness (QED) is 0.901. The van der Waals surface area contributed by atoms with Crippen molar-refractivity contribution < 1.29 is 5.11 Å². The molecule has 3 nitrogen and oxygen atoms in total. The van der Waals surface area contributed by atoms with E-state index >= 15 is 0 Å². The summed E-state index contributed by atoms with van der Waals surface area (Å²) in [6, 6.07) is 12.8. The van der Waals surface area contributed by atoms with Gasteiger partial charge >= 0.3 is 0 Å². The molecule has 0 bridgehead atoms. The Labute approximate surface area is 120 Å². The molecule has 0 radical (unpaired) electrons. The second-order valence-corrected chi connectivity index (χ2v) is 5.96. The van der Waals surface area contributed by atoms with Gasteiger partial charge in [0, 0.05) is 23.5 Å². The number of nitrogens with one attached hydrogen (secondary N) is 1. The Morgan fingerprint density at radius 1 is 1.20 bits per heavy atom. The molecule has 3 rings (SSSR count). The molecule has 0 spiro atoms. The molecule has 1 heterocycles. The molecule has 1 aliphatic carbocycles. The number of hydrogen-bond donors (Lipinski definition) is 2. The van der Waals surface area contributed by atoms with E-state index in [2.05, 4.69) is 22.4 Å². The predicted molar refractivity (Wildman–Crippen MR) is 81.7 cm³/mol. The zero-order valence-corrected chi connectivity index (χ0v) is 12.0. The van der Waals surface area contributed by atoms with Crippen molar-refractivity contribution in [1.29, 1.82) is 0 Å². The average Bonchev–Trinajstić information content (AvgIpc) is 2.48. The molecule has 1 saturated carbocycles. The molecule has 0 aliphatic heterocycles. The molecule has 1 aromatic carbocycles. The van der Waals surface area contributed by atoms with Crippen LogP contribution in [0.15, 0.2) is 36.4 Å². The summed E-state index contributed by atoms with van der Waals surface area (Å²) in [6.07, 6.45) is 4.45. The molecule has 106 valence electrons. The van der Waals surface area contributed by atoms with E-state index in [-0.39, 0.29) is 0 Å². The van der Waals surface area contributed by atoms with Crippen molar-refractivity contribution in [3.05, 3.63) is 42.1 Å². The van der Waals surface area contributed by atoms with Crippen molar-refractivity contribution in [1.82, 2.24) is 10.3 Å². The largest absolute Gasteiger partial charge is 0.389 e. The van der Waals surface area contributed by atoms with Crippen LogP contribution in [0.25, 0.3) is 10.9 Å². The van der Waals surface area contributed by atoms with Gasteiger partial charge in [0.25, 0.3) is 0 Å². The third-order valence-electron chi connectivity index (χ3n) is 4.49. The highest BCUT2D eigenvalue weighted by Crippen LogP contribution is 2.31. The first-order valence-corrected chi connectivity index (χ1v) is 7.43. The van der Waals surface area contributed by atoms with Gasteiger partial charge in [-0.05, 0) is 44.9 Å². The third-order valence-corrected chi connectivity index (χ3v) is 4.49. The Hall–Kier alpha value is -1.45. The Bertz CT molecular complexity index is 588. The molecule has 1 fully saturated rings. The summed E-state index contributed by atoms with van der Waals surface area (Å²) in [6.45, 7) is 0. The fourth-order valence-electron chi connectivity index (χ4n) is 3.16. The molecule has 1 aliphatic rings. The highest BCUT2D eigenvalue weighted by Gasteiger charge is 2.33. The number of para-hydroxylation sites is 1. The van der Waals surface area contributed by atoms with Gasteiger partial charge in [0.1, 0.15) is 0 Å². The summed E-state index contributed by atoms with van der Waals surface area (Å²) >= 11 is 0. The smallest absolute Gasteiger partial charge is 0.0705 e. The molecule has 0 saturated heterocycles. The fourth-order valence-corrected chi connectivity index (χ4v) is 3.16. The molecule has 1 aromatic heterocycles. The molecule has 0 atom stereocenters. The minimum atomic E-state index is -0.581. The Morgan fingerprint density at radius 2 is 1.95 bits per heavy atom. The molecule has 20 heavy (non-hydrogen) atoms. The second kappa shape index (κ2) is 5.51. The van der Waals surface area contributed by atoms with E-state index < -0.39 is 5.60 Å². The van der Waals surface area contributed by atoms with Crippen LogP contribution >= 0.6 is 0 Å². The van der Waals surface area contributed by atoms with E-state index in [0.717, 1.165) is 42.3 Å². The number of aliphatic hydroxyl groups is 1. The monoisotopic (exact) mass is 270 g/mol. The van der Waals surface area contributed by atoms with Gasteiger partial charge in [-0.2, -0.15) is 0 Å². The molecule has 0 amide bonds. The summed E-state index contributed by atoms with van der Waals surface area (Å²) in [4.78, 5) is 4.68. The minimum absolute atomic E-state index is 0.555. The van der Waals surface area contributed by atoms with E-state index in [1.165, 1.54) is 0 Å². The summed E-state index contributed by atoms with van der Waals surface area (Å²) < 4.78 is 0. The van der Waals surface area contributed by atoms with Crippen LogP contribution in [0.4, 0.5) is 0 Å². The normalized spacial score (nSPS) is 26.8. The lowest BCUT2D eigenvalue weighted by Gasteiger charge is -2.35. The maximum Gasteiger partial charge on any atom is 0.0705 e. The van der Waals surface area contributed by atoms with Crippen molar-refractivity contribution in [2.75, 3.05) is 7.05 Å². The van der Waals surface area contributed by atoms with Crippen molar-refractivity contribution in [2.24, 2.45) is 0 Å². The number of benzene rings is 1. The Kier molecular flexibility index (Phi) is 3.72. The van der Waals surface area contributed by atoms with Gasteiger partial charge < -0.3 is 10.4 Å². The zero-order valence-electron chi connectivity index (χ0n) is 12.0. The third kappa shape index (κ3) is 2.84. The maximum absolute atomic E-state index is 10.7. The summed E-state index contributed by atoms with van der Waals surface area (Å²) in [5.41, 5.74) is 1.43. The van der Waals surface area contributed by atoms with Crippen LogP contribution in [-0.2, 0) is 6.42 Å². The Morgan fingerprint density at radius 3 is 2.70 bits per heavy atom. The van der Waals surface area contributed by atoms with Gasteiger partial charge in [0.2, 0.25) is 0 Å². The van der Waals surface area contributed by atoms with Crippen molar-refractivity contribution in [3.63, 3.8) is 0 Å². The van der Waals surface area contributed by atoms with Gasteiger partial charge in [-0.25, -0.2) is 0 Å². The van der Waals surface area contributed by atoms with Crippen LogP contribution in [0.5, 0.6) is 0 Å². The van der Waals surface area contributed by atoms with Crippen LogP contribution in [0.2, 0.25) is 0 Å². The lowest BCUT2D eigenvalue weighted by molar-refractivity contribution is -0.00314. The SMILES string of the molecule is CNC1CCC(O)(Cc2ccc3ccccc3n2)CC1. The van der Waals surface area contributed by atoms with Gasteiger partial charge in [0.15, 0.2) is 0 Å². The lowest BCUT2D eigenvalue weighted by atomic mass is 9.79. The number of fused-ring (bicyclic) bond motifs is 1. The van der Waals surface area contributed by atoms with Crippen LogP contribution in [0, 0.1) is 0 Å². The van der Waals surface area contributed by atoms with E-state index in [4.69, 9.17) is 0 Å². The fraction of sp³-hybridized carbons (Fsp3) is 0.471. The van der Waals surface area contributed by atoms with Crippen LogP contribution in [-0.4, -0.2) is 28.8 Å². The van der Waals surface area contributed by atoms with Gasteiger partial charge in [-0.15, -0.1) is 0 Å². The van der Waals surface area contributed by atoms with Crippen LogP contribution in [0.1, 0.15) is 31.4 Å². The highest BCUT2D eigenvalue weighted by molar-refractivity contribution is 5.78. The number of pyridine rings is 1. The van der Waals surface area contributed by atoms with E-state index in [1.54, 1.807) is 0 Å². The number of rotatable bonds is 3. The highest BCUT2D eigenvalue weighted by atomic mass is 16.3. The average molecular weight is 270 g/mol. The molecule has 2 aromatic rings. The van der Waals surface area contributed by atoms with Crippen molar-refractivity contribution in [2.45, 2.75) is 43.7 Å². The first kappa shape index (κ1) is 13.5. The number of nitrogens with zero attached hydrogens (tertiary/aromatic N) is 1. The number of aromatic nitrogens is 1. The first-order chi connectivity index (χ1) is 9.68. The first-order valence-electron chi connectivity index (χ1n) is 7.43. The molecule has 0 unspecified atom stereocenters. The molecular weight excluding hydrogens is 248 g/mol. The Balaban J connectivity index is 1.75. The van der Waals surface area contributed by atoms with Crippen LogP contribution in [0.3, 0.4) is 0 Å². The molecular formula is C17H22N2O. The van der Waals surface area contributed by atoms with E-state index in [9.17, 15) is 5.11 Å². The van der Waals surface area contributed by atoms with Gasteiger partial charge in [-0.3, -0.25) is 4.98 Å². The van der Waals surface area contributed by atoms with E-state index in [0.29, 0.717) is 12.5 Å². The number of hydrogen-bond acceptors (Lipinski definition) is 3. The van der Waals surface area contributed by atoms with Gasteiger partial charge in [0.05, 0.1) is 11.1 Å². The molecule has 3 heteroatoms. The minimum Gasteiger partial charge on any atom is -0.389 e. The topological polar surface area (TPSA) is 45.1 Å². The summed E-state index contributed by atoms with van der Waals surface area (Å²) in [7, 11) is 2.00. The van der Waals surface area contributed by atoms with Crippen molar-refractivity contribution in [3.8, 4) is 0 Å². The lowest BCUT2D eigenvalue weighted by Crippen LogP contribution is -2.41. The molecule has 2 N–H and O–H groups in total. The second-order valence-electron chi connectivity index (χ2n) is 5.96. The van der Waals surface area contributed by atoms with Crippen molar-refractivity contribution >= 4 is 10.9 Å². The maximum atomic E-state index is 10.7. The van der Waals surface area contributed by atoms with Gasteiger partial charge in [-0.1, -0.05) is 24.3 Å². The van der Waals surface area contributed by atoms with E-state index in [1.807, 2.05) is 31.3 Å². The predicted octanol–water partition coefficient (Wildman–Crippen LogP) is 2.67. The zero-order chi connectivity index (χ0) is 14.0. The summed E-state index contributed by atoms with van der Waals surface area (Å²) in [5.74, 6) is 0.